The van der Waals surface area contributed by atoms with Crippen LogP contribution in [0.3, 0.4) is 0 Å². The van der Waals surface area contributed by atoms with Gasteiger partial charge in [-0.25, -0.2) is 4.68 Å². The van der Waals surface area contributed by atoms with E-state index < -0.39 is 4.92 Å². The molecule has 1 heterocycles. The third-order valence-corrected chi connectivity index (χ3v) is 3.45. The Morgan fingerprint density at radius 3 is 2.40 bits per heavy atom. The predicted octanol–water partition coefficient (Wildman–Crippen LogP) is 3.92. The molecule has 0 unspecified atom stereocenters. The largest absolute Gasteiger partial charge is 0.329 e. The predicted molar refractivity (Wildman–Crippen MR) is 78.3 cm³/mol. The SMILES string of the molecule is Cc1ccc(Cn2nc(C(C)C)c([N+](=O)[O-])c2Cl)cc1. The molecule has 5 nitrogen and oxygen atoms in total. The van der Waals surface area contributed by atoms with Crippen LogP contribution in [-0.4, -0.2) is 14.7 Å². The molecule has 20 heavy (non-hydrogen) atoms. The van der Waals surface area contributed by atoms with E-state index in [0.717, 1.165) is 11.1 Å². The number of nitrogens with zero attached hydrogens (tertiary/aromatic N) is 3. The summed E-state index contributed by atoms with van der Waals surface area (Å²) in [6.45, 7) is 6.16. The van der Waals surface area contributed by atoms with E-state index in [4.69, 9.17) is 11.6 Å². The van der Waals surface area contributed by atoms with Crippen molar-refractivity contribution in [3.8, 4) is 0 Å². The molecule has 0 bridgehead atoms. The van der Waals surface area contributed by atoms with Gasteiger partial charge in [0.25, 0.3) is 0 Å². The number of halogens is 1. The fourth-order valence-electron chi connectivity index (χ4n) is 1.98. The second kappa shape index (κ2) is 5.63. The third-order valence-electron chi connectivity index (χ3n) is 3.08. The molecule has 106 valence electrons. The van der Waals surface area contributed by atoms with Crippen molar-refractivity contribution in [1.82, 2.24) is 9.78 Å². The molecule has 2 aromatic rings. The lowest BCUT2D eigenvalue weighted by atomic mass is 10.1. The lowest BCUT2D eigenvalue weighted by Crippen LogP contribution is -2.03. The molecule has 1 aromatic carbocycles. The molecule has 0 atom stereocenters. The van der Waals surface area contributed by atoms with E-state index in [9.17, 15) is 10.1 Å². The van der Waals surface area contributed by atoms with E-state index in [2.05, 4.69) is 5.10 Å². The van der Waals surface area contributed by atoms with Crippen LogP contribution in [0.2, 0.25) is 5.15 Å². The summed E-state index contributed by atoms with van der Waals surface area (Å²) in [5, 5.41) is 15.5. The fraction of sp³-hybridized carbons (Fsp3) is 0.357. The molecule has 1 aromatic heterocycles. The maximum Gasteiger partial charge on any atom is 0.329 e. The van der Waals surface area contributed by atoms with Crippen LogP contribution in [0, 0.1) is 17.0 Å². The zero-order valence-electron chi connectivity index (χ0n) is 11.6. The van der Waals surface area contributed by atoms with Crippen molar-refractivity contribution in [2.45, 2.75) is 33.2 Å². The van der Waals surface area contributed by atoms with Crippen molar-refractivity contribution in [3.05, 3.63) is 56.4 Å². The molecule has 0 fully saturated rings. The van der Waals surface area contributed by atoms with E-state index in [1.807, 2.05) is 45.0 Å². The normalized spacial score (nSPS) is 11.1. The summed E-state index contributed by atoms with van der Waals surface area (Å²) in [5.74, 6) is -0.0489. The van der Waals surface area contributed by atoms with Gasteiger partial charge in [0.15, 0.2) is 0 Å². The molecule has 0 N–H and O–H groups in total. The summed E-state index contributed by atoms with van der Waals surface area (Å²) in [4.78, 5) is 10.7. The highest BCUT2D eigenvalue weighted by Gasteiger charge is 2.28. The van der Waals surface area contributed by atoms with E-state index in [1.54, 1.807) is 0 Å². The first kappa shape index (κ1) is 14.5. The number of aromatic nitrogens is 2. The number of aryl methyl sites for hydroxylation is 1. The van der Waals surface area contributed by atoms with Gasteiger partial charge in [0, 0.05) is 5.92 Å². The van der Waals surface area contributed by atoms with Crippen molar-refractivity contribution in [2.24, 2.45) is 0 Å². The highest BCUT2D eigenvalue weighted by Crippen LogP contribution is 2.33. The van der Waals surface area contributed by atoms with Gasteiger partial charge < -0.3 is 0 Å². The summed E-state index contributed by atoms with van der Waals surface area (Å²) in [6, 6.07) is 7.91. The van der Waals surface area contributed by atoms with E-state index in [0.29, 0.717) is 12.2 Å². The quantitative estimate of drug-likeness (QED) is 0.634. The molecule has 0 amide bonds. The molecule has 0 radical (unpaired) electrons. The van der Waals surface area contributed by atoms with Crippen LogP contribution < -0.4 is 0 Å². The van der Waals surface area contributed by atoms with Gasteiger partial charge in [-0.15, -0.1) is 0 Å². The van der Waals surface area contributed by atoms with Crippen molar-refractivity contribution >= 4 is 17.3 Å². The summed E-state index contributed by atoms with van der Waals surface area (Å²) >= 11 is 6.11. The van der Waals surface area contributed by atoms with Gasteiger partial charge in [-0.1, -0.05) is 55.3 Å². The van der Waals surface area contributed by atoms with Crippen molar-refractivity contribution in [2.75, 3.05) is 0 Å². The molecule has 6 heteroatoms. The molecule has 2 rings (SSSR count). The summed E-state index contributed by atoms with van der Waals surface area (Å²) < 4.78 is 1.49. The second-order valence-electron chi connectivity index (χ2n) is 5.08. The molecule has 0 aliphatic rings. The zero-order valence-corrected chi connectivity index (χ0v) is 12.4. The van der Waals surface area contributed by atoms with Crippen LogP contribution in [0.25, 0.3) is 0 Å². The first-order valence-electron chi connectivity index (χ1n) is 6.36. The van der Waals surface area contributed by atoms with Gasteiger partial charge >= 0.3 is 5.69 Å². The average molecular weight is 294 g/mol. The van der Waals surface area contributed by atoms with Gasteiger partial charge in [0.1, 0.15) is 5.69 Å². The topological polar surface area (TPSA) is 61.0 Å². The summed E-state index contributed by atoms with van der Waals surface area (Å²) in [7, 11) is 0. The zero-order chi connectivity index (χ0) is 14.9. The summed E-state index contributed by atoms with van der Waals surface area (Å²) in [5.41, 5.74) is 2.50. The molecular formula is C14H16ClN3O2. The fourth-order valence-corrected chi connectivity index (χ4v) is 2.24. The molecule has 0 spiro atoms. The summed E-state index contributed by atoms with van der Waals surface area (Å²) in [6.07, 6.45) is 0. The lowest BCUT2D eigenvalue weighted by Gasteiger charge is -2.03. The molecular weight excluding hydrogens is 278 g/mol. The standard InChI is InChI=1S/C14H16ClN3O2/c1-9(2)12-13(18(19)20)14(15)17(16-12)8-11-6-4-10(3)5-7-11/h4-7,9H,8H2,1-3H3. The Bertz CT molecular complexity index is 633. The van der Waals surface area contributed by atoms with E-state index in [-0.39, 0.29) is 16.8 Å². The average Bonchev–Trinajstić information content (AvgIpc) is 2.70. The lowest BCUT2D eigenvalue weighted by molar-refractivity contribution is -0.385. The van der Waals surface area contributed by atoms with Gasteiger partial charge in [-0.2, -0.15) is 5.10 Å². The molecule has 0 saturated heterocycles. The van der Waals surface area contributed by atoms with Crippen LogP contribution in [-0.2, 0) is 6.54 Å². The van der Waals surface area contributed by atoms with Crippen molar-refractivity contribution < 1.29 is 4.92 Å². The number of hydrogen-bond donors (Lipinski definition) is 0. The Balaban J connectivity index is 2.40. The van der Waals surface area contributed by atoms with E-state index in [1.165, 1.54) is 4.68 Å². The highest BCUT2D eigenvalue weighted by atomic mass is 35.5. The smallest absolute Gasteiger partial charge is 0.258 e. The maximum atomic E-state index is 11.1. The van der Waals surface area contributed by atoms with Gasteiger partial charge in [-0.05, 0) is 12.5 Å². The Kier molecular flexibility index (Phi) is 4.09. The highest BCUT2D eigenvalue weighted by molar-refractivity contribution is 6.31. The van der Waals surface area contributed by atoms with E-state index >= 15 is 0 Å². The monoisotopic (exact) mass is 293 g/mol. The van der Waals surface area contributed by atoms with Gasteiger partial charge in [-0.3, -0.25) is 10.1 Å². The molecule has 0 aliphatic heterocycles. The maximum absolute atomic E-state index is 11.1. The van der Waals surface area contributed by atoms with Gasteiger partial charge in [0.2, 0.25) is 5.15 Å². The number of nitro groups is 1. The van der Waals surface area contributed by atoms with Crippen LogP contribution in [0.5, 0.6) is 0 Å². The first-order chi connectivity index (χ1) is 9.40. The Labute approximate surface area is 122 Å². The first-order valence-corrected chi connectivity index (χ1v) is 6.74. The minimum absolute atomic E-state index is 0.0489. The van der Waals surface area contributed by atoms with Crippen LogP contribution in [0.1, 0.15) is 36.6 Å². The van der Waals surface area contributed by atoms with Gasteiger partial charge in [0.05, 0.1) is 11.5 Å². The minimum atomic E-state index is -0.462. The van der Waals surface area contributed by atoms with Crippen LogP contribution in [0.15, 0.2) is 24.3 Å². The second-order valence-corrected chi connectivity index (χ2v) is 5.44. The Morgan fingerprint density at radius 1 is 1.35 bits per heavy atom. The van der Waals surface area contributed by atoms with Crippen molar-refractivity contribution in [3.63, 3.8) is 0 Å². The number of hydrogen-bond acceptors (Lipinski definition) is 3. The Morgan fingerprint density at radius 2 is 1.95 bits per heavy atom. The van der Waals surface area contributed by atoms with Crippen LogP contribution in [0.4, 0.5) is 5.69 Å². The third kappa shape index (κ3) is 2.82. The number of benzene rings is 1. The minimum Gasteiger partial charge on any atom is -0.258 e. The molecule has 0 aliphatic carbocycles. The van der Waals surface area contributed by atoms with Crippen LogP contribution >= 0.6 is 11.6 Å². The number of rotatable bonds is 4. The van der Waals surface area contributed by atoms with Crippen molar-refractivity contribution in [1.29, 1.82) is 0 Å². The Hall–Kier alpha value is -1.88. The molecule has 0 saturated carbocycles.